The fourth-order valence-electron chi connectivity index (χ4n) is 2.95. The molecule has 0 heterocycles. The summed E-state index contributed by atoms with van der Waals surface area (Å²) in [4.78, 5) is 12.6. The summed E-state index contributed by atoms with van der Waals surface area (Å²) in [7, 11) is 1.64. The maximum Gasteiger partial charge on any atom is 0.251 e. The Morgan fingerprint density at radius 2 is 1.92 bits per heavy atom. The SMILES string of the molecule is CCCCNC(=O)C1=C/C(=C\c2ccccc2)c2ccc(OC)cc21. The van der Waals surface area contributed by atoms with E-state index in [9.17, 15) is 4.79 Å². The molecule has 0 unspecified atom stereocenters. The highest BCUT2D eigenvalue weighted by Gasteiger charge is 2.24. The number of hydrogen-bond acceptors (Lipinski definition) is 2. The largest absolute Gasteiger partial charge is 0.497 e. The summed E-state index contributed by atoms with van der Waals surface area (Å²) in [6, 6.07) is 16.0. The van der Waals surface area contributed by atoms with Crippen molar-refractivity contribution in [2.24, 2.45) is 0 Å². The smallest absolute Gasteiger partial charge is 0.251 e. The predicted molar refractivity (Wildman–Crippen MR) is 103 cm³/mol. The molecule has 0 radical (unpaired) electrons. The molecular weight excluding hydrogens is 310 g/mol. The van der Waals surface area contributed by atoms with Gasteiger partial charge in [0.25, 0.3) is 5.91 Å². The molecule has 3 rings (SSSR count). The fraction of sp³-hybridized carbons (Fsp3) is 0.227. The van der Waals surface area contributed by atoms with Gasteiger partial charge in [-0.25, -0.2) is 0 Å². The lowest BCUT2D eigenvalue weighted by atomic mass is 10.0. The van der Waals surface area contributed by atoms with Gasteiger partial charge >= 0.3 is 0 Å². The highest BCUT2D eigenvalue weighted by Crippen LogP contribution is 2.38. The van der Waals surface area contributed by atoms with Crippen LogP contribution in [-0.2, 0) is 4.79 Å². The lowest BCUT2D eigenvalue weighted by Crippen LogP contribution is -2.24. The second-order valence-corrected chi connectivity index (χ2v) is 6.09. The van der Waals surface area contributed by atoms with E-state index in [1.807, 2.05) is 42.5 Å². The highest BCUT2D eigenvalue weighted by molar-refractivity contribution is 6.26. The molecule has 1 amide bonds. The van der Waals surface area contributed by atoms with Crippen LogP contribution in [0, 0.1) is 0 Å². The van der Waals surface area contributed by atoms with Crippen LogP contribution in [-0.4, -0.2) is 19.6 Å². The van der Waals surface area contributed by atoms with Crippen molar-refractivity contribution in [3.05, 3.63) is 71.3 Å². The number of unbranched alkanes of at least 4 members (excludes halogenated alkanes) is 1. The Morgan fingerprint density at radius 3 is 2.64 bits per heavy atom. The molecule has 0 bridgehead atoms. The maximum atomic E-state index is 12.6. The van der Waals surface area contributed by atoms with Gasteiger partial charge in [-0.1, -0.05) is 49.7 Å². The second-order valence-electron chi connectivity index (χ2n) is 6.09. The summed E-state index contributed by atoms with van der Waals surface area (Å²) < 4.78 is 5.34. The minimum atomic E-state index is -0.0283. The quantitative estimate of drug-likeness (QED) is 0.788. The van der Waals surface area contributed by atoms with Crippen molar-refractivity contribution >= 4 is 23.1 Å². The number of hydrogen-bond donors (Lipinski definition) is 1. The maximum absolute atomic E-state index is 12.6. The summed E-state index contributed by atoms with van der Waals surface area (Å²) in [6.07, 6.45) is 6.12. The molecule has 0 aromatic heterocycles. The van der Waals surface area contributed by atoms with E-state index in [0.29, 0.717) is 12.1 Å². The topological polar surface area (TPSA) is 38.3 Å². The van der Waals surface area contributed by atoms with E-state index >= 15 is 0 Å². The Labute approximate surface area is 149 Å². The molecule has 2 aromatic rings. The zero-order valence-electron chi connectivity index (χ0n) is 14.7. The number of allylic oxidation sites excluding steroid dienone is 2. The second kappa shape index (κ2) is 7.84. The molecule has 0 fully saturated rings. The Bertz CT molecular complexity index is 819. The van der Waals surface area contributed by atoms with Gasteiger partial charge in [-0.05, 0) is 53.0 Å². The number of benzene rings is 2. The first-order valence-electron chi connectivity index (χ1n) is 8.68. The molecule has 3 heteroatoms. The van der Waals surface area contributed by atoms with Crippen LogP contribution in [0.4, 0.5) is 0 Å². The van der Waals surface area contributed by atoms with E-state index in [0.717, 1.165) is 40.9 Å². The summed E-state index contributed by atoms with van der Waals surface area (Å²) >= 11 is 0. The minimum Gasteiger partial charge on any atom is -0.497 e. The number of ether oxygens (including phenoxy) is 1. The average molecular weight is 333 g/mol. The van der Waals surface area contributed by atoms with Crippen molar-refractivity contribution < 1.29 is 9.53 Å². The van der Waals surface area contributed by atoms with Gasteiger partial charge in [0.2, 0.25) is 0 Å². The van der Waals surface area contributed by atoms with Crippen molar-refractivity contribution in [2.45, 2.75) is 19.8 Å². The van der Waals surface area contributed by atoms with E-state index in [4.69, 9.17) is 4.74 Å². The molecule has 1 aliphatic carbocycles. The Balaban J connectivity index is 1.98. The van der Waals surface area contributed by atoms with Crippen LogP contribution in [0.5, 0.6) is 5.75 Å². The van der Waals surface area contributed by atoms with Gasteiger partial charge in [0.15, 0.2) is 0 Å². The number of carbonyl (C=O) groups is 1. The molecule has 25 heavy (non-hydrogen) atoms. The van der Waals surface area contributed by atoms with E-state index in [1.54, 1.807) is 7.11 Å². The third-order valence-electron chi connectivity index (χ3n) is 4.31. The number of fused-ring (bicyclic) bond motifs is 1. The molecular formula is C22H23NO2. The zero-order chi connectivity index (χ0) is 17.6. The van der Waals surface area contributed by atoms with E-state index in [1.165, 1.54) is 0 Å². The summed E-state index contributed by atoms with van der Waals surface area (Å²) in [5.41, 5.74) is 4.85. The van der Waals surface area contributed by atoms with Crippen molar-refractivity contribution in [1.29, 1.82) is 0 Å². The van der Waals surface area contributed by atoms with Crippen LogP contribution >= 0.6 is 0 Å². The molecule has 2 aromatic carbocycles. The number of nitrogens with one attached hydrogen (secondary N) is 1. The van der Waals surface area contributed by atoms with Crippen LogP contribution in [0.15, 0.2) is 54.6 Å². The van der Waals surface area contributed by atoms with Crippen molar-refractivity contribution in [3.8, 4) is 5.75 Å². The zero-order valence-corrected chi connectivity index (χ0v) is 14.7. The van der Waals surface area contributed by atoms with Gasteiger partial charge in [0.1, 0.15) is 5.75 Å². The summed E-state index contributed by atoms with van der Waals surface area (Å²) in [5, 5.41) is 3.01. The van der Waals surface area contributed by atoms with Gasteiger partial charge in [0, 0.05) is 12.1 Å². The van der Waals surface area contributed by atoms with E-state index in [2.05, 4.69) is 30.4 Å². The van der Waals surface area contributed by atoms with Gasteiger partial charge in [0.05, 0.1) is 7.11 Å². The third-order valence-corrected chi connectivity index (χ3v) is 4.31. The number of amides is 1. The molecule has 0 aliphatic heterocycles. The molecule has 0 spiro atoms. The number of methoxy groups -OCH3 is 1. The van der Waals surface area contributed by atoms with Crippen LogP contribution in [0.2, 0.25) is 0 Å². The fourth-order valence-corrected chi connectivity index (χ4v) is 2.95. The summed E-state index contributed by atoms with van der Waals surface area (Å²) in [6.45, 7) is 2.81. The van der Waals surface area contributed by atoms with Gasteiger partial charge in [-0.3, -0.25) is 4.79 Å². The standard InChI is InChI=1S/C22H23NO2/c1-3-4-12-23-22(24)21-14-17(13-16-8-6-5-7-9-16)19-11-10-18(25-2)15-20(19)21/h5-11,13-15H,3-4,12H2,1-2H3,(H,23,24)/b17-13+. The van der Waals surface area contributed by atoms with Crippen LogP contribution in [0.3, 0.4) is 0 Å². The monoisotopic (exact) mass is 333 g/mol. The number of carbonyl (C=O) groups excluding carboxylic acids is 1. The Morgan fingerprint density at radius 1 is 1.12 bits per heavy atom. The Hall–Kier alpha value is -2.81. The van der Waals surface area contributed by atoms with Crippen LogP contribution in [0.25, 0.3) is 17.2 Å². The minimum absolute atomic E-state index is 0.0283. The number of rotatable bonds is 6. The lowest BCUT2D eigenvalue weighted by molar-refractivity contribution is -0.115. The first kappa shape index (κ1) is 17.0. The van der Waals surface area contributed by atoms with E-state index in [-0.39, 0.29) is 5.91 Å². The first-order valence-corrected chi connectivity index (χ1v) is 8.68. The molecule has 1 aliphatic rings. The van der Waals surface area contributed by atoms with Crippen molar-refractivity contribution in [1.82, 2.24) is 5.32 Å². The molecule has 0 atom stereocenters. The molecule has 3 nitrogen and oxygen atoms in total. The Kier molecular flexibility index (Phi) is 5.34. The van der Waals surface area contributed by atoms with Crippen molar-refractivity contribution in [2.75, 3.05) is 13.7 Å². The van der Waals surface area contributed by atoms with Crippen LogP contribution in [0.1, 0.15) is 36.5 Å². The van der Waals surface area contributed by atoms with E-state index < -0.39 is 0 Å². The summed E-state index contributed by atoms with van der Waals surface area (Å²) in [5.74, 6) is 0.728. The third kappa shape index (κ3) is 3.82. The highest BCUT2D eigenvalue weighted by atomic mass is 16.5. The van der Waals surface area contributed by atoms with Gasteiger partial charge < -0.3 is 10.1 Å². The molecule has 1 N–H and O–H groups in total. The predicted octanol–water partition coefficient (Wildman–Crippen LogP) is 4.55. The molecule has 0 saturated carbocycles. The van der Waals surface area contributed by atoms with Crippen LogP contribution < -0.4 is 10.1 Å². The molecule has 128 valence electrons. The normalized spacial score (nSPS) is 14.2. The van der Waals surface area contributed by atoms with Gasteiger partial charge in [-0.2, -0.15) is 0 Å². The van der Waals surface area contributed by atoms with Crippen molar-refractivity contribution in [3.63, 3.8) is 0 Å². The average Bonchev–Trinajstić information content (AvgIpc) is 3.00. The van der Waals surface area contributed by atoms with Gasteiger partial charge in [-0.15, -0.1) is 0 Å². The first-order chi connectivity index (χ1) is 12.2. The lowest BCUT2D eigenvalue weighted by Gasteiger charge is -2.09. The molecule has 0 saturated heterocycles.